The normalized spacial score (nSPS) is 20.3. The number of nitrogens with one attached hydrogen (secondary N) is 1. The van der Waals surface area contributed by atoms with Gasteiger partial charge in [0.15, 0.2) is 0 Å². The minimum absolute atomic E-state index is 0.103. The quantitative estimate of drug-likeness (QED) is 0.901. The summed E-state index contributed by atoms with van der Waals surface area (Å²) in [5.74, 6) is 0.593. The smallest absolute Gasteiger partial charge is 0.258 e. The zero-order chi connectivity index (χ0) is 16.4. The van der Waals surface area contributed by atoms with Crippen molar-refractivity contribution in [2.24, 2.45) is 5.92 Å². The van der Waals surface area contributed by atoms with E-state index < -0.39 is 0 Å². The van der Waals surface area contributed by atoms with Crippen molar-refractivity contribution < 1.29 is 4.79 Å². The first-order valence-electron chi connectivity index (χ1n) is 8.23. The number of anilines is 1. The third kappa shape index (κ3) is 3.09. The fourth-order valence-electron chi connectivity index (χ4n) is 3.47. The van der Waals surface area contributed by atoms with E-state index in [-0.39, 0.29) is 11.6 Å². The minimum Gasteiger partial charge on any atom is -0.362 e. The second kappa shape index (κ2) is 6.07. The fraction of sp³-hybridized carbons (Fsp3) is 0.350. The summed E-state index contributed by atoms with van der Waals surface area (Å²) in [5.41, 5.74) is 2.46. The fourth-order valence-corrected chi connectivity index (χ4v) is 3.47. The standard InChI is InChI=1S/C20H24N2O/c1-15(2)13-20(3)21-18-12-8-7-11-17(18)19(23)22(20)14-16-9-5-4-6-10-16/h4-12,15,21H,13-14H2,1-3H3/t20-/m1/s1. The third-order valence-electron chi connectivity index (χ3n) is 4.39. The molecule has 1 heterocycles. The number of carbonyl (C=O) groups excluding carboxylic acids is 1. The lowest BCUT2D eigenvalue weighted by molar-refractivity contribution is 0.0468. The molecule has 0 aromatic heterocycles. The van der Waals surface area contributed by atoms with Crippen molar-refractivity contribution in [1.29, 1.82) is 0 Å². The van der Waals surface area contributed by atoms with Crippen LogP contribution in [0.3, 0.4) is 0 Å². The average Bonchev–Trinajstić information content (AvgIpc) is 2.51. The second-order valence-corrected chi connectivity index (χ2v) is 6.92. The predicted octanol–water partition coefficient (Wildman–Crippen LogP) is 4.52. The van der Waals surface area contributed by atoms with Crippen LogP contribution in [-0.4, -0.2) is 16.5 Å². The molecule has 0 aliphatic carbocycles. The number of benzene rings is 2. The van der Waals surface area contributed by atoms with E-state index in [9.17, 15) is 4.79 Å². The number of hydrogen-bond donors (Lipinski definition) is 1. The number of fused-ring (bicyclic) bond motifs is 1. The monoisotopic (exact) mass is 308 g/mol. The lowest BCUT2D eigenvalue weighted by Crippen LogP contribution is -2.58. The van der Waals surface area contributed by atoms with Crippen molar-refractivity contribution in [2.75, 3.05) is 5.32 Å². The van der Waals surface area contributed by atoms with Crippen LogP contribution in [0.2, 0.25) is 0 Å². The number of para-hydroxylation sites is 1. The van der Waals surface area contributed by atoms with Gasteiger partial charge in [0.1, 0.15) is 5.66 Å². The van der Waals surface area contributed by atoms with Crippen LogP contribution >= 0.6 is 0 Å². The maximum absolute atomic E-state index is 13.1. The maximum atomic E-state index is 13.1. The Morgan fingerprint density at radius 3 is 2.39 bits per heavy atom. The van der Waals surface area contributed by atoms with Gasteiger partial charge in [0.05, 0.1) is 5.56 Å². The zero-order valence-electron chi connectivity index (χ0n) is 14.0. The van der Waals surface area contributed by atoms with Crippen LogP contribution in [0.25, 0.3) is 0 Å². The minimum atomic E-state index is -0.380. The molecule has 0 fully saturated rings. The van der Waals surface area contributed by atoms with E-state index in [4.69, 9.17) is 0 Å². The van der Waals surface area contributed by atoms with Crippen molar-refractivity contribution in [3.8, 4) is 0 Å². The van der Waals surface area contributed by atoms with Crippen molar-refractivity contribution >= 4 is 11.6 Å². The summed E-state index contributed by atoms with van der Waals surface area (Å²) >= 11 is 0. The Kier molecular flexibility index (Phi) is 4.12. The largest absolute Gasteiger partial charge is 0.362 e. The number of rotatable bonds is 4. The van der Waals surface area contributed by atoms with Crippen LogP contribution in [0.15, 0.2) is 54.6 Å². The summed E-state index contributed by atoms with van der Waals surface area (Å²) in [7, 11) is 0. The number of carbonyl (C=O) groups is 1. The maximum Gasteiger partial charge on any atom is 0.258 e. The highest BCUT2D eigenvalue weighted by Gasteiger charge is 2.41. The molecule has 120 valence electrons. The average molecular weight is 308 g/mol. The Hall–Kier alpha value is -2.29. The second-order valence-electron chi connectivity index (χ2n) is 6.92. The van der Waals surface area contributed by atoms with E-state index in [1.54, 1.807) is 0 Å². The van der Waals surface area contributed by atoms with Crippen LogP contribution in [0.4, 0.5) is 5.69 Å². The van der Waals surface area contributed by atoms with Gasteiger partial charge < -0.3 is 10.2 Å². The van der Waals surface area contributed by atoms with Crippen LogP contribution in [0.1, 0.15) is 43.1 Å². The molecular formula is C20H24N2O. The van der Waals surface area contributed by atoms with Gasteiger partial charge in [-0.15, -0.1) is 0 Å². The van der Waals surface area contributed by atoms with Crippen molar-refractivity contribution in [1.82, 2.24) is 4.90 Å². The molecule has 0 radical (unpaired) electrons. The van der Waals surface area contributed by atoms with E-state index in [0.717, 1.165) is 23.2 Å². The van der Waals surface area contributed by atoms with Crippen LogP contribution in [-0.2, 0) is 6.54 Å². The predicted molar refractivity (Wildman–Crippen MR) is 94.2 cm³/mol. The Morgan fingerprint density at radius 1 is 1.04 bits per heavy atom. The lowest BCUT2D eigenvalue weighted by Gasteiger charge is -2.47. The summed E-state index contributed by atoms with van der Waals surface area (Å²) in [5, 5.41) is 3.61. The van der Waals surface area contributed by atoms with Gasteiger partial charge in [-0.25, -0.2) is 0 Å². The molecule has 3 heteroatoms. The number of hydrogen-bond acceptors (Lipinski definition) is 2. The molecule has 2 aromatic carbocycles. The van der Waals surface area contributed by atoms with E-state index in [2.05, 4.69) is 38.2 Å². The van der Waals surface area contributed by atoms with Crippen LogP contribution in [0, 0.1) is 5.92 Å². The van der Waals surface area contributed by atoms with Gasteiger partial charge in [-0.2, -0.15) is 0 Å². The SMILES string of the molecule is CC(C)C[C@]1(C)Nc2ccccc2C(=O)N1Cc1ccccc1. The molecule has 1 aliphatic rings. The van der Waals surface area contributed by atoms with E-state index in [0.29, 0.717) is 12.5 Å². The molecule has 0 unspecified atom stereocenters. The van der Waals surface area contributed by atoms with Gasteiger partial charge in [0.25, 0.3) is 5.91 Å². The molecule has 23 heavy (non-hydrogen) atoms. The molecule has 1 atom stereocenters. The van der Waals surface area contributed by atoms with Gasteiger partial charge in [0.2, 0.25) is 0 Å². The Labute approximate surface area is 138 Å². The highest BCUT2D eigenvalue weighted by atomic mass is 16.2. The van der Waals surface area contributed by atoms with Gasteiger partial charge in [-0.1, -0.05) is 56.3 Å². The highest BCUT2D eigenvalue weighted by molar-refractivity contribution is 6.02. The van der Waals surface area contributed by atoms with Gasteiger partial charge in [-0.3, -0.25) is 4.79 Å². The van der Waals surface area contributed by atoms with Gasteiger partial charge >= 0.3 is 0 Å². The van der Waals surface area contributed by atoms with Crippen LogP contribution in [0.5, 0.6) is 0 Å². The highest BCUT2D eigenvalue weighted by Crippen LogP contribution is 2.35. The summed E-state index contributed by atoms with van der Waals surface area (Å²) < 4.78 is 0. The van der Waals surface area contributed by atoms with E-state index in [1.807, 2.05) is 47.4 Å². The zero-order valence-corrected chi connectivity index (χ0v) is 14.0. The number of nitrogens with zero attached hydrogens (tertiary/aromatic N) is 1. The van der Waals surface area contributed by atoms with Crippen molar-refractivity contribution in [3.05, 3.63) is 65.7 Å². The summed E-state index contributed by atoms with van der Waals surface area (Å²) in [6, 6.07) is 18.0. The first-order valence-corrected chi connectivity index (χ1v) is 8.23. The van der Waals surface area contributed by atoms with Gasteiger partial charge in [0, 0.05) is 12.2 Å². The molecule has 3 nitrogen and oxygen atoms in total. The first-order chi connectivity index (χ1) is 11.0. The molecular weight excluding hydrogens is 284 g/mol. The Morgan fingerprint density at radius 2 is 1.70 bits per heavy atom. The molecule has 0 saturated heterocycles. The summed E-state index contributed by atoms with van der Waals surface area (Å²) in [6.07, 6.45) is 0.903. The lowest BCUT2D eigenvalue weighted by atomic mass is 9.92. The molecule has 0 saturated carbocycles. The number of amides is 1. The van der Waals surface area contributed by atoms with E-state index in [1.165, 1.54) is 0 Å². The summed E-state index contributed by atoms with van der Waals surface area (Å²) in [4.78, 5) is 15.1. The molecule has 1 aliphatic heterocycles. The molecule has 0 spiro atoms. The summed E-state index contributed by atoms with van der Waals surface area (Å²) in [6.45, 7) is 7.13. The third-order valence-corrected chi connectivity index (χ3v) is 4.39. The van der Waals surface area contributed by atoms with E-state index >= 15 is 0 Å². The molecule has 0 bridgehead atoms. The van der Waals surface area contributed by atoms with Crippen LogP contribution < -0.4 is 5.32 Å². The molecule has 2 aromatic rings. The van der Waals surface area contributed by atoms with Crippen molar-refractivity contribution in [2.45, 2.75) is 39.4 Å². The van der Waals surface area contributed by atoms with Gasteiger partial charge in [-0.05, 0) is 37.0 Å². The Bertz CT molecular complexity index is 696. The molecule has 1 N–H and O–H groups in total. The Balaban J connectivity index is 2.00. The van der Waals surface area contributed by atoms with Crippen molar-refractivity contribution in [3.63, 3.8) is 0 Å². The molecule has 1 amide bonds. The first kappa shape index (κ1) is 15.6. The molecule has 3 rings (SSSR count). The topological polar surface area (TPSA) is 32.3 Å².